The quantitative estimate of drug-likeness (QED) is 0.278. The molecule has 1 atom stereocenters. The fourth-order valence-electron chi connectivity index (χ4n) is 4.12. The first-order chi connectivity index (χ1) is 13.2. The third kappa shape index (κ3) is 6.50. The number of benzene rings is 1. The van der Waals surface area contributed by atoms with Crippen molar-refractivity contribution >= 4 is 41.7 Å². The minimum Gasteiger partial charge on any atom is -0.396 e. The Morgan fingerprint density at radius 2 is 1.86 bits per heavy atom. The van der Waals surface area contributed by atoms with Crippen molar-refractivity contribution < 1.29 is 9.84 Å². The van der Waals surface area contributed by atoms with E-state index in [9.17, 15) is 5.11 Å². The number of nitrogens with one attached hydrogen (secondary N) is 2. The van der Waals surface area contributed by atoms with Gasteiger partial charge in [0.2, 0.25) is 0 Å². The lowest BCUT2D eigenvalue weighted by Gasteiger charge is -2.31. The Hall–Kier alpha value is -0.510. The molecular formula is C21H34IN3O2S. The number of nitrogens with zero attached hydrogens (tertiary/aromatic N) is 1. The Labute approximate surface area is 190 Å². The maximum absolute atomic E-state index is 9.40. The number of rotatable bonds is 8. The summed E-state index contributed by atoms with van der Waals surface area (Å²) < 4.78 is 5.82. The van der Waals surface area contributed by atoms with E-state index < -0.39 is 0 Å². The van der Waals surface area contributed by atoms with Gasteiger partial charge in [0.25, 0.3) is 0 Å². The molecule has 1 heterocycles. The molecule has 0 spiro atoms. The summed E-state index contributed by atoms with van der Waals surface area (Å²) in [5, 5.41) is 16.5. The molecule has 158 valence electrons. The number of guanidine groups is 1. The van der Waals surface area contributed by atoms with Gasteiger partial charge in [-0.1, -0.05) is 31.0 Å². The average molecular weight is 519 g/mol. The molecule has 28 heavy (non-hydrogen) atoms. The fraction of sp³-hybridized carbons (Fsp3) is 0.667. The highest BCUT2D eigenvalue weighted by molar-refractivity contribution is 14.0. The van der Waals surface area contributed by atoms with Crippen LogP contribution < -0.4 is 10.6 Å². The van der Waals surface area contributed by atoms with Crippen LogP contribution in [0.25, 0.3) is 0 Å². The van der Waals surface area contributed by atoms with Crippen LogP contribution in [0.5, 0.6) is 0 Å². The first-order valence-electron chi connectivity index (χ1n) is 10.1. The molecular weight excluding hydrogens is 485 g/mol. The maximum Gasteiger partial charge on any atom is 0.191 e. The molecule has 3 rings (SSSR count). The molecule has 1 aromatic carbocycles. The van der Waals surface area contributed by atoms with Crippen molar-refractivity contribution in [1.29, 1.82) is 0 Å². The molecule has 5 nitrogen and oxygen atoms in total. The molecule has 0 amide bonds. The molecule has 0 radical (unpaired) electrons. The average Bonchev–Trinajstić information content (AvgIpc) is 3.34. The summed E-state index contributed by atoms with van der Waals surface area (Å²) in [5.74, 6) is 0.846. The minimum absolute atomic E-state index is 0. The van der Waals surface area contributed by atoms with Gasteiger partial charge in [0.15, 0.2) is 5.96 Å². The van der Waals surface area contributed by atoms with Crippen LogP contribution in [0.15, 0.2) is 40.2 Å². The molecule has 0 aromatic heterocycles. The van der Waals surface area contributed by atoms with Crippen molar-refractivity contribution in [3.05, 3.63) is 30.3 Å². The number of thioether (sulfide) groups is 1. The van der Waals surface area contributed by atoms with Gasteiger partial charge in [-0.25, -0.2) is 0 Å². The Morgan fingerprint density at radius 3 is 2.46 bits per heavy atom. The summed E-state index contributed by atoms with van der Waals surface area (Å²) in [5.41, 5.74) is 0.0240. The SMILES string of the molecule is CN=C(NCC1(CCO)CCOC1)NCC1(Sc2ccccc2)CCCC1.I. The summed E-state index contributed by atoms with van der Waals surface area (Å²) in [4.78, 5) is 5.76. The summed E-state index contributed by atoms with van der Waals surface area (Å²) in [6.45, 7) is 3.39. The number of aliphatic hydroxyl groups excluding tert-OH is 1. The zero-order chi connectivity index (χ0) is 19.0. The van der Waals surface area contributed by atoms with E-state index in [0.29, 0.717) is 6.61 Å². The van der Waals surface area contributed by atoms with Crippen molar-refractivity contribution in [3.63, 3.8) is 0 Å². The monoisotopic (exact) mass is 519 g/mol. The highest BCUT2D eigenvalue weighted by Crippen LogP contribution is 2.44. The van der Waals surface area contributed by atoms with Gasteiger partial charge >= 0.3 is 0 Å². The summed E-state index contributed by atoms with van der Waals surface area (Å²) >= 11 is 2.00. The molecule has 1 unspecified atom stereocenters. The first-order valence-corrected chi connectivity index (χ1v) is 10.9. The number of aliphatic hydroxyl groups is 1. The van der Waals surface area contributed by atoms with E-state index in [1.165, 1.54) is 30.6 Å². The second-order valence-corrected chi connectivity index (χ2v) is 9.40. The lowest BCUT2D eigenvalue weighted by atomic mass is 9.84. The highest BCUT2D eigenvalue weighted by atomic mass is 127. The fourth-order valence-corrected chi connectivity index (χ4v) is 5.55. The van der Waals surface area contributed by atoms with Crippen LogP contribution in [0.1, 0.15) is 38.5 Å². The Balaban J connectivity index is 0.00000280. The van der Waals surface area contributed by atoms with Gasteiger partial charge in [0, 0.05) is 48.4 Å². The van der Waals surface area contributed by atoms with Gasteiger partial charge in [-0.3, -0.25) is 4.99 Å². The zero-order valence-corrected chi connectivity index (χ0v) is 19.9. The molecule has 2 fully saturated rings. The number of hydrogen-bond acceptors (Lipinski definition) is 4. The number of halogens is 1. The van der Waals surface area contributed by atoms with Crippen molar-refractivity contribution in [2.24, 2.45) is 10.4 Å². The largest absolute Gasteiger partial charge is 0.396 e. The van der Waals surface area contributed by atoms with Crippen LogP contribution in [0.2, 0.25) is 0 Å². The van der Waals surface area contributed by atoms with E-state index in [-0.39, 0.29) is 40.7 Å². The third-order valence-corrected chi connectivity index (χ3v) is 7.35. The molecule has 1 aliphatic carbocycles. The van der Waals surface area contributed by atoms with Crippen LogP contribution in [0, 0.1) is 5.41 Å². The topological polar surface area (TPSA) is 65.9 Å². The summed E-state index contributed by atoms with van der Waals surface area (Å²) in [7, 11) is 1.82. The van der Waals surface area contributed by atoms with Crippen molar-refractivity contribution in [3.8, 4) is 0 Å². The zero-order valence-electron chi connectivity index (χ0n) is 16.8. The predicted molar refractivity (Wildman–Crippen MR) is 128 cm³/mol. The standard InChI is InChI=1S/C21H33N3O2S.HI/c1-22-19(23-15-20(11-13-25)12-14-26-17-20)24-16-21(9-5-6-10-21)27-18-7-3-2-4-8-18;/h2-4,7-8,25H,5-6,9-17H2,1H3,(H2,22,23,24);1H. The second kappa shape index (κ2) is 11.6. The van der Waals surface area contributed by atoms with Crippen molar-refractivity contribution in [1.82, 2.24) is 10.6 Å². The molecule has 2 aliphatic rings. The van der Waals surface area contributed by atoms with Crippen LogP contribution in [0.4, 0.5) is 0 Å². The minimum atomic E-state index is 0. The molecule has 3 N–H and O–H groups in total. The molecule has 1 saturated carbocycles. The first kappa shape index (κ1) is 23.8. The van der Waals surface area contributed by atoms with E-state index in [1.54, 1.807) is 0 Å². The van der Waals surface area contributed by atoms with Gasteiger partial charge in [-0.2, -0.15) is 0 Å². The Bertz CT molecular complexity index is 603. The van der Waals surface area contributed by atoms with Crippen LogP contribution in [-0.2, 0) is 4.74 Å². The van der Waals surface area contributed by atoms with E-state index >= 15 is 0 Å². The number of hydrogen-bond donors (Lipinski definition) is 3. The molecule has 1 saturated heterocycles. The van der Waals surface area contributed by atoms with Gasteiger partial charge in [0.1, 0.15) is 0 Å². The lowest BCUT2D eigenvalue weighted by molar-refractivity contribution is 0.127. The van der Waals surface area contributed by atoms with Crippen LogP contribution >= 0.6 is 35.7 Å². The molecule has 0 bridgehead atoms. The normalized spacial score (nSPS) is 24.0. The highest BCUT2D eigenvalue weighted by Gasteiger charge is 2.36. The number of aliphatic imine (C=N–C) groups is 1. The van der Waals surface area contributed by atoms with Gasteiger partial charge < -0.3 is 20.5 Å². The van der Waals surface area contributed by atoms with Crippen molar-refractivity contribution in [2.45, 2.75) is 48.2 Å². The van der Waals surface area contributed by atoms with E-state index in [0.717, 1.165) is 38.5 Å². The summed E-state index contributed by atoms with van der Waals surface area (Å²) in [6.07, 6.45) is 6.82. The smallest absolute Gasteiger partial charge is 0.191 e. The predicted octanol–water partition coefficient (Wildman–Crippen LogP) is 3.66. The van der Waals surface area contributed by atoms with Crippen molar-refractivity contribution in [2.75, 3.05) is 40.0 Å². The van der Waals surface area contributed by atoms with Gasteiger partial charge in [-0.05, 0) is 37.8 Å². The van der Waals surface area contributed by atoms with Crippen LogP contribution in [-0.4, -0.2) is 55.8 Å². The van der Waals surface area contributed by atoms with E-state index in [2.05, 4.69) is 46.0 Å². The molecule has 1 aliphatic heterocycles. The Kier molecular flexibility index (Phi) is 9.86. The molecule has 1 aromatic rings. The van der Waals surface area contributed by atoms with Crippen LogP contribution in [0.3, 0.4) is 0 Å². The Morgan fingerprint density at radius 1 is 1.14 bits per heavy atom. The van der Waals surface area contributed by atoms with Gasteiger partial charge in [0.05, 0.1) is 6.61 Å². The molecule has 7 heteroatoms. The van der Waals surface area contributed by atoms with Gasteiger partial charge in [-0.15, -0.1) is 35.7 Å². The lowest BCUT2D eigenvalue weighted by Crippen LogP contribution is -2.48. The maximum atomic E-state index is 9.40. The third-order valence-electron chi connectivity index (χ3n) is 5.85. The summed E-state index contributed by atoms with van der Waals surface area (Å²) in [6, 6.07) is 10.7. The van der Waals surface area contributed by atoms with E-state index in [1.807, 2.05) is 18.8 Å². The second-order valence-electron chi connectivity index (χ2n) is 7.86. The van der Waals surface area contributed by atoms with E-state index in [4.69, 9.17) is 4.74 Å². The number of ether oxygens (including phenoxy) is 1.